The van der Waals surface area contributed by atoms with Crippen LogP contribution in [0.2, 0.25) is 5.15 Å². The van der Waals surface area contributed by atoms with Gasteiger partial charge < -0.3 is 0 Å². The van der Waals surface area contributed by atoms with E-state index in [2.05, 4.69) is 43.5 Å². The summed E-state index contributed by atoms with van der Waals surface area (Å²) in [7, 11) is 0. The van der Waals surface area contributed by atoms with Crippen LogP contribution in [0.25, 0.3) is 5.65 Å². The number of carbonyl (C=O) groups is 1. The largest absolute Gasteiger partial charge is 0.296 e. The molecule has 0 atom stereocenters. The maximum Gasteiger partial charge on any atom is 0.171 e. The van der Waals surface area contributed by atoms with Crippen LogP contribution >= 0.6 is 50.1 Å². The minimum atomic E-state index is 0.266. The van der Waals surface area contributed by atoms with E-state index in [0.717, 1.165) is 8.04 Å². The van der Waals surface area contributed by atoms with E-state index in [0.29, 0.717) is 17.1 Å². The van der Waals surface area contributed by atoms with E-state index in [-0.39, 0.29) is 5.69 Å². The van der Waals surface area contributed by atoms with Gasteiger partial charge in [-0.2, -0.15) is 0 Å². The van der Waals surface area contributed by atoms with Crippen molar-refractivity contribution in [2.45, 2.75) is 0 Å². The average molecular weight is 385 g/mol. The summed E-state index contributed by atoms with van der Waals surface area (Å²) in [5.41, 5.74) is 0.962. The number of halogens is 3. The number of nitrogens with zero attached hydrogens (tertiary/aromatic N) is 2. The number of carbonyl (C=O) groups excluding carboxylic acids is 1. The zero-order chi connectivity index (χ0) is 10.3. The Kier molecular flexibility index (Phi) is 2.81. The Morgan fingerprint density at radius 1 is 1.64 bits per heavy atom. The molecule has 0 aliphatic carbocycles. The molecule has 0 aromatic carbocycles. The summed E-state index contributed by atoms with van der Waals surface area (Å²) < 4.78 is 3.51. The smallest absolute Gasteiger partial charge is 0.171 e. The van der Waals surface area contributed by atoms with Gasteiger partial charge in [0.25, 0.3) is 0 Å². The topological polar surface area (TPSA) is 34.4 Å². The molecule has 0 bridgehead atoms. The van der Waals surface area contributed by atoms with Crippen LogP contribution in [0.5, 0.6) is 0 Å². The van der Waals surface area contributed by atoms with Gasteiger partial charge in [0, 0.05) is 10.7 Å². The predicted molar refractivity (Wildman–Crippen MR) is 66.0 cm³/mol. The first-order valence-electron chi connectivity index (χ1n) is 3.61. The summed E-state index contributed by atoms with van der Waals surface area (Å²) in [6.07, 6.45) is 2.43. The van der Waals surface area contributed by atoms with Gasteiger partial charge in [-0.25, -0.2) is 4.98 Å². The second-order valence-corrected chi connectivity index (χ2v) is 5.04. The van der Waals surface area contributed by atoms with Gasteiger partial charge in [-0.3, -0.25) is 9.20 Å². The standard InChI is InChI=1S/C8H3BrClIN2O/c9-4-1-5(11)8-12-6(3-14)7(10)13(8)2-4/h1-3H. The second kappa shape index (κ2) is 3.79. The van der Waals surface area contributed by atoms with Crippen LogP contribution in [-0.2, 0) is 0 Å². The molecular weight excluding hydrogens is 382 g/mol. The number of hydrogen-bond acceptors (Lipinski definition) is 2. The predicted octanol–water partition coefficient (Wildman–Crippen LogP) is 3.17. The molecular formula is C8H3BrClIN2O. The molecule has 14 heavy (non-hydrogen) atoms. The Morgan fingerprint density at radius 3 is 3.00 bits per heavy atom. The molecule has 0 N–H and O–H groups in total. The van der Waals surface area contributed by atoms with Crippen LogP contribution in [-0.4, -0.2) is 15.7 Å². The summed E-state index contributed by atoms with van der Waals surface area (Å²) in [5.74, 6) is 0. The summed E-state index contributed by atoms with van der Waals surface area (Å²) in [4.78, 5) is 14.7. The monoisotopic (exact) mass is 384 g/mol. The number of aldehydes is 1. The molecule has 2 aromatic rings. The SMILES string of the molecule is O=Cc1nc2c(I)cc(Br)cn2c1Cl. The highest BCUT2D eigenvalue weighted by Crippen LogP contribution is 2.24. The maximum absolute atomic E-state index is 10.6. The molecule has 0 amide bonds. The number of imidazole rings is 1. The Bertz CT molecular complexity index is 526. The normalized spacial score (nSPS) is 10.8. The van der Waals surface area contributed by atoms with Crippen LogP contribution in [0.4, 0.5) is 0 Å². The van der Waals surface area contributed by atoms with Crippen molar-refractivity contribution in [2.24, 2.45) is 0 Å². The zero-order valence-corrected chi connectivity index (χ0v) is 11.2. The number of pyridine rings is 1. The summed E-state index contributed by atoms with van der Waals surface area (Å²) in [6.45, 7) is 0. The van der Waals surface area contributed by atoms with Crippen LogP contribution < -0.4 is 0 Å². The Balaban J connectivity index is 2.91. The Morgan fingerprint density at radius 2 is 2.36 bits per heavy atom. The van der Waals surface area contributed by atoms with Gasteiger partial charge in [0.05, 0.1) is 3.57 Å². The van der Waals surface area contributed by atoms with Crippen molar-refractivity contribution >= 4 is 62.1 Å². The van der Waals surface area contributed by atoms with Crippen molar-refractivity contribution < 1.29 is 4.79 Å². The van der Waals surface area contributed by atoms with Gasteiger partial charge >= 0.3 is 0 Å². The Hall–Kier alpha value is -0.140. The van der Waals surface area contributed by atoms with Gasteiger partial charge in [-0.05, 0) is 44.6 Å². The van der Waals surface area contributed by atoms with E-state index < -0.39 is 0 Å². The molecule has 0 spiro atoms. The lowest BCUT2D eigenvalue weighted by atomic mass is 10.5. The maximum atomic E-state index is 10.6. The molecule has 0 unspecified atom stereocenters. The summed E-state index contributed by atoms with van der Waals surface area (Å²) >= 11 is 11.4. The fourth-order valence-electron chi connectivity index (χ4n) is 1.14. The first-order valence-corrected chi connectivity index (χ1v) is 5.86. The molecule has 6 heteroatoms. The molecule has 2 aromatic heterocycles. The molecule has 0 saturated carbocycles. The third kappa shape index (κ3) is 1.57. The number of aromatic nitrogens is 2. The first kappa shape index (κ1) is 10.4. The lowest BCUT2D eigenvalue weighted by molar-refractivity contribution is 0.111. The van der Waals surface area contributed by atoms with Gasteiger partial charge in [-0.15, -0.1) is 0 Å². The van der Waals surface area contributed by atoms with Gasteiger partial charge in [0.2, 0.25) is 0 Å². The fraction of sp³-hybridized carbons (Fsp3) is 0. The van der Waals surface area contributed by atoms with Gasteiger partial charge in [0.1, 0.15) is 10.8 Å². The average Bonchev–Trinajstić information content (AvgIpc) is 2.44. The van der Waals surface area contributed by atoms with E-state index in [1.54, 1.807) is 10.6 Å². The first-order chi connectivity index (χ1) is 6.63. The zero-order valence-electron chi connectivity index (χ0n) is 6.67. The van der Waals surface area contributed by atoms with Crippen molar-refractivity contribution in [1.82, 2.24) is 9.38 Å². The molecule has 0 fully saturated rings. The fourth-order valence-corrected chi connectivity index (χ4v) is 2.93. The van der Waals surface area contributed by atoms with Crippen LogP contribution in [0.1, 0.15) is 10.5 Å². The number of hydrogen-bond donors (Lipinski definition) is 0. The summed E-state index contributed by atoms with van der Waals surface area (Å²) in [5, 5.41) is 0.342. The lowest BCUT2D eigenvalue weighted by Gasteiger charge is -1.98. The number of rotatable bonds is 1. The molecule has 72 valence electrons. The minimum absolute atomic E-state index is 0.266. The highest BCUT2D eigenvalue weighted by atomic mass is 127. The van der Waals surface area contributed by atoms with Crippen LogP contribution in [0.3, 0.4) is 0 Å². The summed E-state index contributed by atoms with van der Waals surface area (Å²) in [6, 6.07) is 1.91. The third-order valence-corrected chi connectivity index (χ3v) is 3.32. The van der Waals surface area contributed by atoms with Crippen molar-refractivity contribution in [3.05, 3.63) is 31.2 Å². The second-order valence-electron chi connectivity index (χ2n) is 2.61. The highest BCUT2D eigenvalue weighted by molar-refractivity contribution is 14.1. The van der Waals surface area contributed by atoms with Crippen LogP contribution in [0, 0.1) is 3.57 Å². The van der Waals surface area contributed by atoms with Crippen molar-refractivity contribution in [1.29, 1.82) is 0 Å². The lowest BCUT2D eigenvalue weighted by Crippen LogP contribution is -1.87. The van der Waals surface area contributed by atoms with E-state index in [9.17, 15) is 4.79 Å². The Labute approximate surface area is 107 Å². The van der Waals surface area contributed by atoms with Crippen molar-refractivity contribution in [2.75, 3.05) is 0 Å². The van der Waals surface area contributed by atoms with Crippen molar-refractivity contribution in [3.63, 3.8) is 0 Å². The third-order valence-electron chi connectivity index (χ3n) is 1.72. The van der Waals surface area contributed by atoms with Crippen molar-refractivity contribution in [3.8, 4) is 0 Å². The molecule has 0 aliphatic heterocycles. The molecule has 0 radical (unpaired) electrons. The molecule has 0 saturated heterocycles. The van der Waals surface area contributed by atoms with Gasteiger partial charge in [0.15, 0.2) is 11.9 Å². The molecule has 2 heterocycles. The van der Waals surface area contributed by atoms with Crippen LogP contribution in [0.15, 0.2) is 16.7 Å². The van der Waals surface area contributed by atoms with E-state index in [1.165, 1.54) is 0 Å². The molecule has 0 aliphatic rings. The minimum Gasteiger partial charge on any atom is -0.296 e. The van der Waals surface area contributed by atoms with E-state index in [4.69, 9.17) is 11.6 Å². The highest BCUT2D eigenvalue weighted by Gasteiger charge is 2.11. The van der Waals surface area contributed by atoms with E-state index >= 15 is 0 Å². The van der Waals surface area contributed by atoms with Gasteiger partial charge in [-0.1, -0.05) is 11.6 Å². The van der Waals surface area contributed by atoms with E-state index in [1.807, 2.05) is 6.07 Å². The number of fused-ring (bicyclic) bond motifs is 1. The molecule has 2 rings (SSSR count). The quantitative estimate of drug-likeness (QED) is 0.558. The molecule has 3 nitrogen and oxygen atoms in total.